The van der Waals surface area contributed by atoms with E-state index in [1.54, 1.807) is 0 Å². The summed E-state index contributed by atoms with van der Waals surface area (Å²) in [4.78, 5) is 38.0. The number of piperidine rings is 1. The monoisotopic (exact) mass is 678 g/mol. The fourth-order valence-electron chi connectivity index (χ4n) is 7.36. The van der Waals surface area contributed by atoms with Crippen molar-refractivity contribution in [3.05, 3.63) is 96.2 Å². The molecule has 3 fully saturated rings. The number of carbonyl (C=O) groups is 2. The summed E-state index contributed by atoms with van der Waals surface area (Å²) >= 11 is 0. The van der Waals surface area contributed by atoms with Crippen molar-refractivity contribution in [3.8, 4) is 0 Å². The number of H-pyrrole nitrogens is 1. The Labute approximate surface area is 297 Å². The van der Waals surface area contributed by atoms with Gasteiger partial charge in [-0.3, -0.25) is 14.5 Å². The summed E-state index contributed by atoms with van der Waals surface area (Å²) in [7, 11) is 0. The van der Waals surface area contributed by atoms with E-state index in [0.717, 1.165) is 88.2 Å². The van der Waals surface area contributed by atoms with Gasteiger partial charge in [0.1, 0.15) is 0 Å². The van der Waals surface area contributed by atoms with Crippen LogP contribution in [0.15, 0.2) is 85.1 Å². The van der Waals surface area contributed by atoms with Crippen molar-refractivity contribution in [1.29, 1.82) is 0 Å². The molecule has 7 rings (SSSR count). The summed E-state index contributed by atoms with van der Waals surface area (Å²) in [5, 5.41) is 4.49. The maximum absolute atomic E-state index is 13.2. The van der Waals surface area contributed by atoms with Crippen molar-refractivity contribution in [2.24, 2.45) is 5.92 Å². The molecule has 1 amide bonds. The lowest BCUT2D eigenvalue weighted by atomic mass is 9.96. The van der Waals surface area contributed by atoms with Crippen LogP contribution >= 0.6 is 0 Å². The van der Waals surface area contributed by atoms with Crippen LogP contribution in [0, 0.1) is 5.92 Å². The minimum Gasteiger partial charge on any atom is -0.466 e. The van der Waals surface area contributed by atoms with E-state index in [-0.39, 0.29) is 17.8 Å². The van der Waals surface area contributed by atoms with E-state index in [1.165, 1.54) is 23.4 Å². The van der Waals surface area contributed by atoms with Gasteiger partial charge in [0.05, 0.1) is 12.5 Å². The zero-order valence-electron chi connectivity index (χ0n) is 29.7. The molecule has 266 valence electrons. The first-order valence-electron chi connectivity index (χ1n) is 18.7. The molecule has 3 aromatic carbocycles. The van der Waals surface area contributed by atoms with Gasteiger partial charge in [0.2, 0.25) is 0 Å². The second-order valence-electron chi connectivity index (χ2n) is 13.6. The van der Waals surface area contributed by atoms with Crippen LogP contribution in [0.1, 0.15) is 48.5 Å². The quantitative estimate of drug-likeness (QED) is 0.162. The topological polar surface area (TPSA) is 84.1 Å². The highest BCUT2D eigenvalue weighted by atomic mass is 16.5. The summed E-state index contributed by atoms with van der Waals surface area (Å²) in [5.74, 6) is -0.172. The van der Waals surface area contributed by atoms with Crippen molar-refractivity contribution in [1.82, 2.24) is 20.1 Å². The van der Waals surface area contributed by atoms with Crippen LogP contribution in [-0.2, 0) is 16.0 Å². The third kappa shape index (κ3) is 9.46. The predicted molar refractivity (Wildman–Crippen MR) is 203 cm³/mol. The van der Waals surface area contributed by atoms with Gasteiger partial charge in [0, 0.05) is 99.5 Å². The number of nitrogens with zero attached hydrogens (tertiary/aromatic N) is 4. The number of anilines is 2. The first-order chi connectivity index (χ1) is 24.6. The first-order valence-corrected chi connectivity index (χ1v) is 18.7. The van der Waals surface area contributed by atoms with Crippen molar-refractivity contribution in [3.63, 3.8) is 0 Å². The maximum Gasteiger partial charge on any atom is 0.309 e. The number of para-hydroxylation sites is 2. The zero-order valence-corrected chi connectivity index (χ0v) is 29.7. The van der Waals surface area contributed by atoms with E-state index in [2.05, 4.69) is 91.9 Å². The minimum atomic E-state index is -0.132. The number of ether oxygens (including phenoxy) is 1. The lowest BCUT2D eigenvalue weighted by Crippen LogP contribution is -2.46. The van der Waals surface area contributed by atoms with Crippen molar-refractivity contribution in [2.45, 2.75) is 39.0 Å². The highest BCUT2D eigenvalue weighted by Gasteiger charge is 2.29. The molecular formula is C41H54N6O3. The molecule has 3 aliphatic rings. The number of carbonyl (C=O) groups excluding carboxylic acids is 2. The van der Waals surface area contributed by atoms with Gasteiger partial charge in [-0.15, -0.1) is 0 Å². The molecule has 1 aromatic heterocycles. The Hall–Kier alpha value is -4.34. The number of esters is 1. The number of hydrogen-bond donors (Lipinski definition) is 2. The molecule has 2 N–H and O–H groups in total. The number of aromatic nitrogens is 1. The fourth-order valence-corrected chi connectivity index (χ4v) is 7.36. The van der Waals surface area contributed by atoms with E-state index in [0.29, 0.717) is 32.5 Å². The number of piperazine rings is 2. The highest BCUT2D eigenvalue weighted by Crippen LogP contribution is 2.25. The fraction of sp³-hybridized carbons (Fsp3) is 0.463. The lowest BCUT2D eigenvalue weighted by molar-refractivity contribution is -0.149. The highest BCUT2D eigenvalue weighted by molar-refractivity contribution is 5.99. The molecule has 0 bridgehead atoms. The zero-order chi connectivity index (χ0) is 34.5. The Morgan fingerprint density at radius 1 is 0.760 bits per heavy atom. The third-order valence-electron chi connectivity index (χ3n) is 10.3. The summed E-state index contributed by atoms with van der Waals surface area (Å²) < 4.78 is 5.16. The lowest BCUT2D eigenvalue weighted by Gasteiger charge is -2.36. The molecule has 4 aromatic rings. The van der Waals surface area contributed by atoms with E-state index < -0.39 is 0 Å². The number of aromatic amines is 1. The van der Waals surface area contributed by atoms with Crippen molar-refractivity contribution in [2.75, 3.05) is 88.4 Å². The van der Waals surface area contributed by atoms with Gasteiger partial charge >= 0.3 is 5.97 Å². The second kappa shape index (κ2) is 18.1. The van der Waals surface area contributed by atoms with Gasteiger partial charge in [-0.25, -0.2) is 0 Å². The molecular weight excluding hydrogens is 624 g/mol. The Morgan fingerprint density at radius 3 is 2.04 bits per heavy atom. The Balaban J connectivity index is 0.000000302. The second-order valence-corrected chi connectivity index (χ2v) is 13.6. The number of benzene rings is 3. The Kier molecular flexibility index (Phi) is 12.8. The molecule has 0 saturated carbocycles. The van der Waals surface area contributed by atoms with Gasteiger partial charge in [-0.05, 0) is 93.6 Å². The molecule has 0 aliphatic carbocycles. The largest absolute Gasteiger partial charge is 0.466 e. The predicted octanol–water partition coefficient (Wildman–Crippen LogP) is 5.82. The Bertz CT molecular complexity index is 1620. The summed E-state index contributed by atoms with van der Waals surface area (Å²) in [6, 6.07) is 27.3. The normalized spacial score (nSPS) is 17.3. The van der Waals surface area contributed by atoms with E-state index in [9.17, 15) is 9.59 Å². The van der Waals surface area contributed by atoms with Gasteiger partial charge in [-0.2, -0.15) is 0 Å². The van der Waals surface area contributed by atoms with Crippen LogP contribution in [0.25, 0.3) is 10.9 Å². The molecule has 0 spiro atoms. The van der Waals surface area contributed by atoms with Crippen LogP contribution in [0.2, 0.25) is 0 Å². The van der Waals surface area contributed by atoms with Crippen LogP contribution in [-0.4, -0.2) is 105 Å². The van der Waals surface area contributed by atoms with E-state index in [4.69, 9.17) is 4.74 Å². The van der Waals surface area contributed by atoms with Gasteiger partial charge in [0.15, 0.2) is 0 Å². The van der Waals surface area contributed by atoms with Crippen LogP contribution in [0.4, 0.5) is 11.4 Å². The molecule has 4 heterocycles. The van der Waals surface area contributed by atoms with Crippen molar-refractivity contribution >= 4 is 34.2 Å². The Morgan fingerprint density at radius 2 is 1.40 bits per heavy atom. The number of fused-ring (bicyclic) bond motifs is 1. The molecule has 0 radical (unpaired) electrons. The van der Waals surface area contributed by atoms with E-state index >= 15 is 0 Å². The minimum absolute atomic E-state index is 0.0519. The van der Waals surface area contributed by atoms with Gasteiger partial charge in [0.25, 0.3) is 5.91 Å². The van der Waals surface area contributed by atoms with Crippen molar-refractivity contribution < 1.29 is 14.3 Å². The molecule has 9 nitrogen and oxygen atoms in total. The SMILES string of the molecule is CCOC(=O)C1CCN(C(=O)c2ccc3[nH]cc(CCCCN4CCN(c5ccccc5)CC4)c3c2)CC1.c1ccc(N2CCNCC2)cc1. The summed E-state index contributed by atoms with van der Waals surface area (Å²) in [6.07, 6.45) is 6.75. The van der Waals surface area contributed by atoms with Gasteiger partial charge in [-0.1, -0.05) is 36.4 Å². The number of rotatable bonds is 10. The molecule has 0 unspecified atom stereocenters. The number of unbranched alkanes of at least 4 members (excludes halogenated alkanes) is 1. The van der Waals surface area contributed by atoms with Crippen LogP contribution in [0.5, 0.6) is 0 Å². The number of hydrogen-bond acceptors (Lipinski definition) is 7. The van der Waals surface area contributed by atoms with E-state index in [1.807, 2.05) is 30.0 Å². The molecule has 50 heavy (non-hydrogen) atoms. The first kappa shape index (κ1) is 35.5. The number of amides is 1. The third-order valence-corrected chi connectivity index (χ3v) is 10.3. The average molecular weight is 679 g/mol. The summed E-state index contributed by atoms with van der Waals surface area (Å²) in [6.45, 7) is 13.4. The molecule has 9 heteroatoms. The summed E-state index contributed by atoms with van der Waals surface area (Å²) in [5.41, 5.74) is 5.76. The number of aryl methyl sites for hydroxylation is 1. The standard InChI is InChI=1S/C31H40N4O3.C10H14N2/c1-2-38-31(37)24-13-16-35(17-14-24)30(36)25-11-12-29-28(22-25)26(23-32-29)8-6-7-15-33-18-20-34(21-19-33)27-9-4-3-5-10-27;1-2-4-10(5-3-1)12-8-6-11-7-9-12/h3-5,9-12,22-24,32H,2,6-8,13-21H2,1H3;1-5,11H,6-9H2. The van der Waals surface area contributed by atoms with Crippen LogP contribution in [0.3, 0.4) is 0 Å². The number of nitrogens with one attached hydrogen (secondary N) is 2. The molecule has 0 atom stereocenters. The molecule has 3 saturated heterocycles. The van der Waals surface area contributed by atoms with Gasteiger partial charge < -0.3 is 29.7 Å². The average Bonchev–Trinajstić information content (AvgIpc) is 3.60. The molecule has 3 aliphatic heterocycles. The maximum atomic E-state index is 13.2. The van der Waals surface area contributed by atoms with Crippen LogP contribution < -0.4 is 15.1 Å². The smallest absolute Gasteiger partial charge is 0.309 e. The number of likely N-dealkylation sites (tertiary alicyclic amines) is 1.